The van der Waals surface area contributed by atoms with Crippen LogP contribution in [0, 0.1) is 20.8 Å². The van der Waals surface area contributed by atoms with Gasteiger partial charge in [-0.3, -0.25) is 14.6 Å². The van der Waals surface area contributed by atoms with Gasteiger partial charge in [-0.05, 0) is 127 Å². The van der Waals surface area contributed by atoms with Crippen molar-refractivity contribution < 1.29 is 27.5 Å². The Kier molecular flexibility index (Phi) is 12.1. The molecular weight excluding hydrogens is 738 g/mol. The maximum Gasteiger partial charge on any atom is 0.329 e. The number of nitrogens with two attached hydrogens (primary N) is 1. The number of pyridine rings is 1. The predicted octanol–water partition coefficient (Wildman–Crippen LogP) is 5.20. The van der Waals surface area contributed by atoms with Gasteiger partial charge < -0.3 is 25.1 Å². The molecule has 51 heavy (non-hydrogen) atoms. The summed E-state index contributed by atoms with van der Waals surface area (Å²) in [7, 11) is -4.10. The summed E-state index contributed by atoms with van der Waals surface area (Å²) in [6.07, 6.45) is 3.34. The lowest BCUT2D eigenvalue weighted by Crippen LogP contribution is -2.46. The van der Waals surface area contributed by atoms with Crippen LogP contribution in [0.3, 0.4) is 0 Å². The van der Waals surface area contributed by atoms with Gasteiger partial charge in [0.05, 0.1) is 11.4 Å². The SMILES string of the molecule is Cc1c(C)c(S(=O)(=O)NC(N)=NCCC[C@H](NC(=O)c2cccn(Cc3ccccc3Br)c2=O)C(=O)OC(C)(C)C)c(C)c2c1OC(C)(C)CC2. The first-order valence-electron chi connectivity index (χ1n) is 16.8. The molecule has 2 aromatic carbocycles. The van der Waals surface area contributed by atoms with E-state index in [0.29, 0.717) is 17.5 Å². The summed E-state index contributed by atoms with van der Waals surface area (Å²) in [5.74, 6) is -0.992. The van der Waals surface area contributed by atoms with Gasteiger partial charge in [0.25, 0.3) is 21.5 Å². The molecule has 14 heteroatoms. The summed E-state index contributed by atoms with van der Waals surface area (Å²) < 4.78 is 43.6. The van der Waals surface area contributed by atoms with Gasteiger partial charge >= 0.3 is 5.97 Å². The largest absolute Gasteiger partial charge is 0.487 e. The summed E-state index contributed by atoms with van der Waals surface area (Å²) >= 11 is 3.48. The molecular formula is C37H48BrN5O7S. The zero-order valence-corrected chi connectivity index (χ0v) is 32.9. The van der Waals surface area contributed by atoms with E-state index >= 15 is 0 Å². The lowest BCUT2D eigenvalue weighted by atomic mass is 9.88. The fraction of sp³-hybridized carbons (Fsp3) is 0.459. The highest BCUT2D eigenvalue weighted by molar-refractivity contribution is 9.10. The molecule has 276 valence electrons. The number of hydrogen-bond donors (Lipinski definition) is 3. The second kappa shape index (κ2) is 15.6. The van der Waals surface area contributed by atoms with E-state index in [4.69, 9.17) is 15.2 Å². The first kappa shape index (κ1) is 39.6. The average molecular weight is 787 g/mol. The van der Waals surface area contributed by atoms with Gasteiger partial charge in [-0.2, -0.15) is 0 Å². The number of carbonyl (C=O) groups is 2. The summed E-state index contributed by atoms with van der Waals surface area (Å²) in [5.41, 5.74) is 7.87. The molecule has 0 saturated carbocycles. The van der Waals surface area contributed by atoms with Gasteiger partial charge in [0.15, 0.2) is 0 Å². The summed E-state index contributed by atoms with van der Waals surface area (Å²) in [5, 5.41) is 2.66. The third kappa shape index (κ3) is 9.79. The minimum absolute atomic E-state index is 0.0394. The zero-order chi connectivity index (χ0) is 37.9. The monoisotopic (exact) mass is 785 g/mol. The number of sulfonamides is 1. The van der Waals surface area contributed by atoms with Crippen molar-refractivity contribution >= 4 is 43.8 Å². The number of amides is 1. The van der Waals surface area contributed by atoms with Crippen LogP contribution in [0.15, 0.2) is 61.8 Å². The van der Waals surface area contributed by atoms with E-state index in [1.165, 1.54) is 10.6 Å². The van der Waals surface area contributed by atoms with Crippen LogP contribution in [0.1, 0.15) is 92.1 Å². The molecule has 4 rings (SSSR count). The van der Waals surface area contributed by atoms with Gasteiger partial charge in [-0.15, -0.1) is 0 Å². The average Bonchev–Trinajstić information content (AvgIpc) is 3.01. The molecule has 0 spiro atoms. The Morgan fingerprint density at radius 3 is 2.45 bits per heavy atom. The van der Waals surface area contributed by atoms with E-state index in [9.17, 15) is 22.8 Å². The van der Waals surface area contributed by atoms with Crippen molar-refractivity contribution in [2.24, 2.45) is 10.7 Å². The summed E-state index contributed by atoms with van der Waals surface area (Å²) in [4.78, 5) is 44.2. The van der Waals surface area contributed by atoms with Crippen molar-refractivity contribution in [3.63, 3.8) is 0 Å². The molecule has 1 aromatic heterocycles. The third-order valence-corrected chi connectivity index (χ3v) is 11.1. The number of aliphatic imine (C=N–C) groups is 1. The highest BCUT2D eigenvalue weighted by atomic mass is 79.9. The van der Waals surface area contributed by atoms with E-state index < -0.39 is 39.1 Å². The Morgan fingerprint density at radius 2 is 1.78 bits per heavy atom. The molecule has 12 nitrogen and oxygen atoms in total. The molecule has 1 aliphatic heterocycles. The molecule has 0 radical (unpaired) electrons. The number of nitrogens with one attached hydrogen (secondary N) is 2. The van der Waals surface area contributed by atoms with Gasteiger partial charge in [0.1, 0.15) is 28.6 Å². The number of esters is 1. The Hall–Kier alpha value is -4.17. The molecule has 1 atom stereocenters. The number of fused-ring (bicyclic) bond motifs is 1. The molecule has 2 heterocycles. The van der Waals surface area contributed by atoms with Crippen molar-refractivity contribution in [2.45, 2.75) is 110 Å². The molecule has 1 amide bonds. The first-order valence-corrected chi connectivity index (χ1v) is 19.1. The number of guanidine groups is 1. The molecule has 1 aliphatic rings. The lowest BCUT2D eigenvalue weighted by molar-refractivity contribution is -0.157. The number of carbonyl (C=O) groups excluding carboxylic acids is 2. The Bertz CT molecular complexity index is 2020. The highest BCUT2D eigenvalue weighted by Gasteiger charge is 2.34. The minimum atomic E-state index is -4.10. The standard InChI is InChI=1S/C37H48BrN5O7S/c1-22-23(2)31(24(3)26-17-18-37(7,8)49-30(22)26)51(47,48)42-35(39)40-19-11-16-29(34(46)50-36(4,5)6)41-32(44)27-14-12-20-43(33(27)45)21-25-13-9-10-15-28(25)38/h9-10,12-15,20,29H,11,16-19,21H2,1-8H3,(H,41,44)(H3,39,40,42)/t29-/m0/s1. The van der Waals surface area contributed by atoms with E-state index in [2.05, 4.69) is 31.0 Å². The van der Waals surface area contributed by atoms with Crippen LogP contribution in [0.4, 0.5) is 0 Å². The van der Waals surface area contributed by atoms with Crippen molar-refractivity contribution in [1.29, 1.82) is 0 Å². The lowest BCUT2D eigenvalue weighted by Gasteiger charge is -2.35. The van der Waals surface area contributed by atoms with Gasteiger partial charge in [-0.1, -0.05) is 34.1 Å². The minimum Gasteiger partial charge on any atom is -0.487 e. The third-order valence-electron chi connectivity index (χ3n) is 8.67. The summed E-state index contributed by atoms with van der Waals surface area (Å²) in [6.45, 7) is 14.8. The van der Waals surface area contributed by atoms with Crippen LogP contribution in [-0.2, 0) is 32.5 Å². The van der Waals surface area contributed by atoms with Crippen LogP contribution in [0.5, 0.6) is 5.75 Å². The Labute approximate surface area is 308 Å². The second-order valence-corrected chi connectivity index (χ2v) is 16.9. The second-order valence-electron chi connectivity index (χ2n) is 14.4. The molecule has 0 aliphatic carbocycles. The molecule has 0 unspecified atom stereocenters. The maximum atomic E-state index is 13.6. The fourth-order valence-electron chi connectivity index (χ4n) is 5.97. The van der Waals surface area contributed by atoms with E-state index in [-0.39, 0.29) is 48.0 Å². The first-order chi connectivity index (χ1) is 23.7. The number of hydrogen-bond acceptors (Lipinski definition) is 8. The number of rotatable bonds is 11. The van der Waals surface area contributed by atoms with E-state index in [1.54, 1.807) is 46.9 Å². The van der Waals surface area contributed by atoms with Gasteiger partial charge in [-0.25, -0.2) is 17.9 Å². The van der Waals surface area contributed by atoms with Gasteiger partial charge in [0.2, 0.25) is 5.96 Å². The topological polar surface area (TPSA) is 171 Å². The molecule has 0 saturated heterocycles. The van der Waals surface area contributed by atoms with Crippen LogP contribution in [-0.4, -0.2) is 54.6 Å². The van der Waals surface area contributed by atoms with E-state index in [1.807, 2.05) is 45.0 Å². The predicted molar refractivity (Wildman–Crippen MR) is 201 cm³/mol. The highest BCUT2D eigenvalue weighted by Crippen LogP contribution is 2.42. The Balaban J connectivity index is 1.47. The van der Waals surface area contributed by atoms with Crippen molar-refractivity contribution in [3.8, 4) is 5.75 Å². The van der Waals surface area contributed by atoms with Crippen molar-refractivity contribution in [1.82, 2.24) is 14.6 Å². The zero-order valence-electron chi connectivity index (χ0n) is 30.5. The maximum absolute atomic E-state index is 13.6. The Morgan fingerprint density at radius 1 is 1.10 bits per heavy atom. The smallest absolute Gasteiger partial charge is 0.329 e. The quantitative estimate of drug-likeness (QED) is 0.103. The van der Waals surface area contributed by atoms with Crippen LogP contribution < -0.4 is 26.1 Å². The number of nitrogens with zero attached hydrogens (tertiary/aromatic N) is 2. The molecule has 4 N–H and O–H groups in total. The van der Waals surface area contributed by atoms with Crippen molar-refractivity contribution in [2.75, 3.05) is 6.54 Å². The number of ether oxygens (including phenoxy) is 2. The van der Waals surface area contributed by atoms with Crippen molar-refractivity contribution in [3.05, 3.63) is 90.8 Å². The van der Waals surface area contributed by atoms with Gasteiger partial charge in [0, 0.05) is 17.2 Å². The summed E-state index contributed by atoms with van der Waals surface area (Å²) in [6, 6.07) is 9.34. The number of halogens is 1. The van der Waals surface area contributed by atoms with E-state index in [0.717, 1.165) is 33.3 Å². The fourth-order valence-corrected chi connectivity index (χ4v) is 7.90. The number of benzene rings is 2. The molecule has 0 fully saturated rings. The van der Waals surface area contributed by atoms with Crippen LogP contribution >= 0.6 is 15.9 Å². The molecule has 3 aromatic rings. The number of aromatic nitrogens is 1. The van der Waals surface area contributed by atoms with Crippen LogP contribution in [0.25, 0.3) is 0 Å². The normalized spacial score (nSPS) is 15.0. The van der Waals surface area contributed by atoms with Crippen LogP contribution in [0.2, 0.25) is 0 Å². The molecule has 0 bridgehead atoms.